The van der Waals surface area contributed by atoms with E-state index in [1.807, 2.05) is 58.0 Å². The first-order chi connectivity index (χ1) is 21.5. The Morgan fingerprint density at radius 3 is 2.11 bits per heavy atom. The van der Waals surface area contributed by atoms with Gasteiger partial charge in [-0.2, -0.15) is 0 Å². The van der Waals surface area contributed by atoms with Gasteiger partial charge in [0, 0.05) is 34.9 Å². The lowest BCUT2D eigenvalue weighted by Crippen LogP contribution is -2.03. The highest BCUT2D eigenvalue weighted by Crippen LogP contribution is 2.35. The number of fused-ring (bicyclic) bond motifs is 8. The van der Waals surface area contributed by atoms with E-state index >= 15 is 0 Å². The van der Waals surface area contributed by atoms with Crippen LogP contribution in [0.5, 0.6) is 0 Å². The fourth-order valence-corrected chi connectivity index (χ4v) is 5.34. The zero-order valence-electron chi connectivity index (χ0n) is 26.0. The summed E-state index contributed by atoms with van der Waals surface area (Å²) in [6, 6.07) is 10.00. The van der Waals surface area contributed by atoms with Crippen LogP contribution < -0.4 is 0 Å². The van der Waals surface area contributed by atoms with Crippen LogP contribution in [0, 0.1) is 13.8 Å². The molecule has 8 bridgehead atoms. The summed E-state index contributed by atoms with van der Waals surface area (Å²) in [4.78, 5) is 39.5. The molecule has 5 heterocycles. The summed E-state index contributed by atoms with van der Waals surface area (Å²) >= 11 is 0. The van der Waals surface area contributed by atoms with Gasteiger partial charge in [0.25, 0.3) is 0 Å². The van der Waals surface area contributed by atoms with Gasteiger partial charge >= 0.3 is 11.9 Å². The second-order valence-corrected chi connectivity index (χ2v) is 11.0. The molecule has 0 fully saturated rings. The summed E-state index contributed by atoms with van der Waals surface area (Å²) < 4.78 is 4.63. The number of H-pyrrole nitrogens is 2. The third-order valence-electron chi connectivity index (χ3n) is 7.73. The molecule has 6 N–H and O–H groups in total. The van der Waals surface area contributed by atoms with Gasteiger partial charge in [0.2, 0.25) is 0 Å². The summed E-state index contributed by atoms with van der Waals surface area (Å²) in [6.45, 7) is 8.70. The minimum Gasteiger partial charge on any atom is -0.481 e. The lowest BCUT2D eigenvalue weighted by atomic mass is 10.0. The number of ether oxygens (including phenoxy) is 1. The van der Waals surface area contributed by atoms with Crippen molar-refractivity contribution in [1.82, 2.24) is 19.9 Å². The summed E-state index contributed by atoms with van der Waals surface area (Å²) in [6.07, 6.45) is 2.74. The van der Waals surface area contributed by atoms with E-state index in [-0.39, 0.29) is 26.1 Å². The third kappa shape index (κ3) is 8.33. The SMILES string of the molecule is CC1=Cc2cc3[nH]c(cc3C)cc3[nH]c(cc4nc(cc1n2)C(C)=C4CCC(=O)O)c(CCC(=O)O)c3C.OCCOCCO. The number of hydrogen-bond donors (Lipinski definition) is 6. The second-order valence-electron chi connectivity index (χ2n) is 11.0. The number of carboxylic acids is 2. The van der Waals surface area contributed by atoms with Crippen LogP contribution in [0.2, 0.25) is 0 Å². The Bertz CT molecular complexity index is 1810. The van der Waals surface area contributed by atoms with Crippen LogP contribution in [0.3, 0.4) is 0 Å². The smallest absolute Gasteiger partial charge is 0.303 e. The van der Waals surface area contributed by atoms with E-state index in [2.05, 4.69) is 20.8 Å². The molecule has 2 aliphatic rings. The molecule has 0 unspecified atom stereocenters. The van der Waals surface area contributed by atoms with Crippen LogP contribution in [0.15, 0.2) is 30.3 Å². The minimum atomic E-state index is -0.871. The first-order valence-electron chi connectivity index (χ1n) is 14.8. The number of carboxylic acid groups (broad SMARTS) is 2. The van der Waals surface area contributed by atoms with Crippen molar-refractivity contribution in [3.8, 4) is 0 Å². The molecule has 0 amide bonds. The molecule has 0 spiro atoms. The van der Waals surface area contributed by atoms with Crippen molar-refractivity contribution in [3.05, 3.63) is 69.8 Å². The van der Waals surface area contributed by atoms with E-state index in [0.29, 0.717) is 31.7 Å². The fraction of sp³-hybridized carbons (Fsp3) is 0.353. The zero-order valence-corrected chi connectivity index (χ0v) is 26.0. The quantitative estimate of drug-likeness (QED) is 0.165. The molecular formula is C34H40N4O7. The summed E-state index contributed by atoms with van der Waals surface area (Å²) in [5, 5.41) is 34.9. The fourth-order valence-electron chi connectivity index (χ4n) is 5.34. The van der Waals surface area contributed by atoms with Crippen LogP contribution in [0.4, 0.5) is 0 Å². The molecular weight excluding hydrogens is 576 g/mol. The van der Waals surface area contributed by atoms with E-state index < -0.39 is 11.9 Å². The number of aliphatic hydroxyl groups is 2. The van der Waals surface area contributed by atoms with Gasteiger partial charge in [0.15, 0.2) is 0 Å². The molecule has 11 heteroatoms. The van der Waals surface area contributed by atoms with Gasteiger partial charge in [-0.25, -0.2) is 9.97 Å². The zero-order chi connectivity index (χ0) is 32.7. The highest BCUT2D eigenvalue weighted by Gasteiger charge is 2.20. The van der Waals surface area contributed by atoms with Crippen molar-refractivity contribution in [1.29, 1.82) is 0 Å². The first-order valence-corrected chi connectivity index (χ1v) is 14.8. The number of hydrogen-bond acceptors (Lipinski definition) is 7. The average Bonchev–Trinajstić information content (AvgIpc) is 3.67. The Kier molecular flexibility index (Phi) is 11.1. The number of aliphatic carboxylic acids is 2. The van der Waals surface area contributed by atoms with E-state index in [4.69, 9.17) is 20.2 Å². The molecule has 0 saturated heterocycles. The minimum absolute atomic E-state index is 0.00209. The van der Waals surface area contributed by atoms with Crippen molar-refractivity contribution in [2.75, 3.05) is 26.4 Å². The highest BCUT2D eigenvalue weighted by atomic mass is 16.5. The summed E-state index contributed by atoms with van der Waals surface area (Å²) in [7, 11) is 0. The average molecular weight is 617 g/mol. The van der Waals surface area contributed by atoms with Gasteiger partial charge in [-0.05, 0) is 110 Å². The van der Waals surface area contributed by atoms with Gasteiger partial charge in [0.05, 0.1) is 49.2 Å². The lowest BCUT2D eigenvalue weighted by Gasteiger charge is -2.03. The number of aromatic amines is 2. The molecule has 0 saturated carbocycles. The number of carbonyl (C=O) groups is 2. The van der Waals surface area contributed by atoms with E-state index in [1.54, 1.807) is 0 Å². The van der Waals surface area contributed by atoms with Crippen molar-refractivity contribution in [2.24, 2.45) is 0 Å². The van der Waals surface area contributed by atoms with E-state index in [0.717, 1.165) is 72.6 Å². The van der Waals surface area contributed by atoms with Crippen molar-refractivity contribution in [2.45, 2.75) is 53.4 Å². The van der Waals surface area contributed by atoms with Crippen LogP contribution in [-0.2, 0) is 20.7 Å². The molecule has 5 rings (SSSR count). The third-order valence-corrected chi connectivity index (χ3v) is 7.73. The standard InChI is InChI=1S/C30H30N4O4.C4H10O3/c1-15-9-20-12-25-17(3)21(5-7-29(35)36)27(33-25)14-28-22(6-8-30(37)38)18(4)26(34-28)13-24-16(2)10-19(32-24)11-23(15)31-20;5-1-3-7-4-2-6/h9-14,31,33H,5-8H2,1-4H3,(H,35,36)(H,37,38);5-6H,1-4H2. The Morgan fingerprint density at radius 2 is 1.44 bits per heavy atom. The van der Waals surface area contributed by atoms with Gasteiger partial charge in [0.1, 0.15) is 0 Å². The molecule has 3 aromatic rings. The highest BCUT2D eigenvalue weighted by molar-refractivity contribution is 5.94. The molecule has 0 radical (unpaired) electrons. The number of allylic oxidation sites excluding steroid dienone is 3. The molecule has 238 valence electrons. The maximum atomic E-state index is 11.4. The topological polar surface area (TPSA) is 182 Å². The lowest BCUT2D eigenvalue weighted by molar-refractivity contribution is -0.137. The molecule has 0 atom stereocenters. The monoisotopic (exact) mass is 616 g/mol. The van der Waals surface area contributed by atoms with Crippen molar-refractivity contribution >= 4 is 56.8 Å². The van der Waals surface area contributed by atoms with Crippen molar-refractivity contribution < 1.29 is 34.8 Å². The van der Waals surface area contributed by atoms with Gasteiger partial charge < -0.3 is 35.1 Å². The first kappa shape index (κ1) is 33.3. The Balaban J connectivity index is 0.000000591. The number of nitrogens with zero attached hydrogens (tertiary/aromatic N) is 2. The number of rotatable bonds is 10. The van der Waals surface area contributed by atoms with E-state index in [9.17, 15) is 19.8 Å². The Morgan fingerprint density at radius 1 is 0.756 bits per heavy atom. The molecule has 0 aromatic carbocycles. The predicted molar refractivity (Wildman–Crippen MR) is 174 cm³/mol. The van der Waals surface area contributed by atoms with Gasteiger partial charge in [-0.15, -0.1) is 0 Å². The molecule has 3 aromatic heterocycles. The van der Waals surface area contributed by atoms with Crippen molar-refractivity contribution in [3.63, 3.8) is 0 Å². The molecule has 11 nitrogen and oxygen atoms in total. The molecule has 0 aliphatic carbocycles. The van der Waals surface area contributed by atoms with Gasteiger partial charge in [-0.1, -0.05) is 0 Å². The molecule has 2 aliphatic heterocycles. The van der Waals surface area contributed by atoms with Crippen LogP contribution in [-0.4, -0.2) is 78.7 Å². The maximum absolute atomic E-state index is 11.4. The number of aromatic nitrogens is 4. The summed E-state index contributed by atoms with van der Waals surface area (Å²) in [5.41, 5.74) is 12.4. The second kappa shape index (κ2) is 14.9. The van der Waals surface area contributed by atoms with Crippen LogP contribution in [0.25, 0.3) is 44.9 Å². The number of nitrogens with one attached hydrogen (secondary N) is 2. The molecule has 45 heavy (non-hydrogen) atoms. The summed E-state index contributed by atoms with van der Waals surface area (Å²) in [5.74, 6) is -1.73. The number of aryl methyl sites for hydroxylation is 3. The number of aliphatic hydroxyl groups excluding tert-OH is 2. The predicted octanol–water partition coefficient (Wildman–Crippen LogP) is 5.29. The Hall–Kier alpha value is -4.58. The maximum Gasteiger partial charge on any atom is 0.303 e. The van der Waals surface area contributed by atoms with Crippen LogP contribution in [0.1, 0.15) is 72.6 Å². The Labute approximate surface area is 261 Å². The largest absolute Gasteiger partial charge is 0.481 e. The normalized spacial score (nSPS) is 12.5. The van der Waals surface area contributed by atoms with E-state index in [1.165, 1.54) is 0 Å². The van der Waals surface area contributed by atoms with Gasteiger partial charge in [-0.3, -0.25) is 9.59 Å². The van der Waals surface area contributed by atoms with Crippen LogP contribution >= 0.6 is 0 Å².